The molecule has 110 valence electrons. The Morgan fingerprint density at radius 3 is 2.45 bits per heavy atom. The van der Waals surface area contributed by atoms with Gasteiger partial charge in [0.05, 0.1) is 5.56 Å². The zero-order valence-corrected chi connectivity index (χ0v) is 11.2. The van der Waals surface area contributed by atoms with Gasteiger partial charge in [0.1, 0.15) is 0 Å². The largest absolute Gasteiger partial charge is 0.416 e. The summed E-state index contributed by atoms with van der Waals surface area (Å²) in [6.45, 7) is 1.31. The van der Waals surface area contributed by atoms with E-state index in [0.29, 0.717) is 18.2 Å². The van der Waals surface area contributed by atoms with E-state index in [9.17, 15) is 13.2 Å². The van der Waals surface area contributed by atoms with Crippen molar-refractivity contribution in [2.45, 2.75) is 37.5 Å². The SMILES string of the molecule is NCC1CCN(C2CC2)C1c1ccccc1C(F)(F)F. The lowest BCUT2D eigenvalue weighted by atomic mass is 9.90. The molecule has 1 saturated heterocycles. The first-order valence-electron chi connectivity index (χ1n) is 7.14. The van der Waals surface area contributed by atoms with Gasteiger partial charge in [-0.3, -0.25) is 4.90 Å². The molecular formula is C15H19F3N2. The quantitative estimate of drug-likeness (QED) is 0.923. The van der Waals surface area contributed by atoms with Crippen molar-refractivity contribution in [1.82, 2.24) is 4.90 Å². The van der Waals surface area contributed by atoms with E-state index in [1.807, 2.05) is 0 Å². The fraction of sp³-hybridized carbons (Fsp3) is 0.600. The van der Waals surface area contributed by atoms with Gasteiger partial charge in [0.2, 0.25) is 0 Å². The molecule has 2 unspecified atom stereocenters. The van der Waals surface area contributed by atoms with Crippen molar-refractivity contribution < 1.29 is 13.2 Å². The Morgan fingerprint density at radius 2 is 1.85 bits per heavy atom. The van der Waals surface area contributed by atoms with Gasteiger partial charge in [-0.15, -0.1) is 0 Å². The second-order valence-electron chi connectivity index (χ2n) is 5.78. The smallest absolute Gasteiger partial charge is 0.330 e. The first-order valence-corrected chi connectivity index (χ1v) is 7.14. The highest BCUT2D eigenvalue weighted by atomic mass is 19.4. The van der Waals surface area contributed by atoms with Crippen LogP contribution in [0.5, 0.6) is 0 Å². The second kappa shape index (κ2) is 5.04. The van der Waals surface area contributed by atoms with Crippen LogP contribution in [0, 0.1) is 5.92 Å². The molecule has 1 aromatic carbocycles. The molecule has 20 heavy (non-hydrogen) atoms. The topological polar surface area (TPSA) is 29.3 Å². The van der Waals surface area contributed by atoms with Crippen LogP contribution in [0.25, 0.3) is 0 Å². The number of hydrogen-bond acceptors (Lipinski definition) is 2. The summed E-state index contributed by atoms with van der Waals surface area (Å²) < 4.78 is 39.7. The second-order valence-corrected chi connectivity index (χ2v) is 5.78. The van der Waals surface area contributed by atoms with Gasteiger partial charge >= 0.3 is 6.18 Å². The van der Waals surface area contributed by atoms with Crippen molar-refractivity contribution in [2.75, 3.05) is 13.1 Å². The molecule has 1 aromatic rings. The minimum absolute atomic E-state index is 0.124. The van der Waals surface area contributed by atoms with Crippen LogP contribution < -0.4 is 5.73 Å². The van der Waals surface area contributed by atoms with Crippen molar-refractivity contribution in [3.63, 3.8) is 0 Å². The summed E-state index contributed by atoms with van der Waals surface area (Å²) >= 11 is 0. The third-order valence-electron chi connectivity index (χ3n) is 4.47. The number of likely N-dealkylation sites (tertiary alicyclic amines) is 1. The zero-order valence-electron chi connectivity index (χ0n) is 11.2. The highest BCUT2D eigenvalue weighted by Gasteiger charge is 2.45. The minimum Gasteiger partial charge on any atom is -0.330 e. The molecule has 2 N–H and O–H groups in total. The van der Waals surface area contributed by atoms with Crippen molar-refractivity contribution in [3.05, 3.63) is 35.4 Å². The number of rotatable bonds is 3. The molecule has 5 heteroatoms. The van der Waals surface area contributed by atoms with Gasteiger partial charge in [-0.25, -0.2) is 0 Å². The van der Waals surface area contributed by atoms with Crippen molar-refractivity contribution in [3.8, 4) is 0 Å². The van der Waals surface area contributed by atoms with E-state index in [1.54, 1.807) is 12.1 Å². The van der Waals surface area contributed by atoms with Gasteiger partial charge in [0, 0.05) is 12.1 Å². The molecule has 3 rings (SSSR count). The standard InChI is InChI=1S/C15H19F3N2/c16-15(17,18)13-4-2-1-3-12(13)14-10(9-19)7-8-20(14)11-5-6-11/h1-4,10-11,14H,5-9,19H2. The lowest BCUT2D eigenvalue weighted by molar-refractivity contribution is -0.138. The predicted molar refractivity (Wildman–Crippen MR) is 71.1 cm³/mol. The fourth-order valence-corrected chi connectivity index (χ4v) is 3.39. The molecule has 2 fully saturated rings. The molecule has 0 bridgehead atoms. The molecule has 0 aromatic heterocycles. The summed E-state index contributed by atoms with van der Waals surface area (Å²) in [5.74, 6) is 0.124. The first-order chi connectivity index (χ1) is 9.52. The summed E-state index contributed by atoms with van der Waals surface area (Å²) in [6, 6.07) is 6.24. The number of nitrogens with two attached hydrogens (primary N) is 1. The Hall–Kier alpha value is -1.07. The Balaban J connectivity index is 2.01. The van der Waals surface area contributed by atoms with E-state index in [-0.39, 0.29) is 12.0 Å². The number of nitrogens with zero attached hydrogens (tertiary/aromatic N) is 1. The van der Waals surface area contributed by atoms with Gasteiger partial charge in [-0.05, 0) is 49.9 Å². The summed E-state index contributed by atoms with van der Waals surface area (Å²) in [5, 5.41) is 0. The van der Waals surface area contributed by atoms with Crippen LogP contribution in [0.1, 0.15) is 36.4 Å². The first kappa shape index (κ1) is 13.9. The van der Waals surface area contributed by atoms with Crippen LogP contribution in [0.2, 0.25) is 0 Å². The van der Waals surface area contributed by atoms with E-state index in [2.05, 4.69) is 4.90 Å². The summed E-state index contributed by atoms with van der Waals surface area (Å²) in [4.78, 5) is 2.24. The highest BCUT2D eigenvalue weighted by Crippen LogP contribution is 2.46. The van der Waals surface area contributed by atoms with Crippen LogP contribution in [0.15, 0.2) is 24.3 Å². The van der Waals surface area contributed by atoms with E-state index < -0.39 is 11.7 Å². The molecule has 1 saturated carbocycles. The van der Waals surface area contributed by atoms with Gasteiger partial charge in [-0.1, -0.05) is 18.2 Å². The molecule has 1 heterocycles. The molecule has 0 spiro atoms. The van der Waals surface area contributed by atoms with Crippen molar-refractivity contribution >= 4 is 0 Å². The Labute approximate surface area is 116 Å². The average Bonchev–Trinajstić information content (AvgIpc) is 3.17. The lowest BCUT2D eigenvalue weighted by Gasteiger charge is -2.30. The Kier molecular flexibility index (Phi) is 3.50. The molecular weight excluding hydrogens is 265 g/mol. The predicted octanol–water partition coefficient (Wildman–Crippen LogP) is 3.19. The molecule has 0 radical (unpaired) electrons. The maximum absolute atomic E-state index is 13.2. The van der Waals surface area contributed by atoms with Crippen molar-refractivity contribution in [2.24, 2.45) is 11.7 Å². The van der Waals surface area contributed by atoms with Crippen LogP contribution in [0.4, 0.5) is 13.2 Å². The van der Waals surface area contributed by atoms with E-state index in [0.717, 1.165) is 25.8 Å². The van der Waals surface area contributed by atoms with Gasteiger partial charge in [0.25, 0.3) is 0 Å². The number of benzene rings is 1. The fourth-order valence-electron chi connectivity index (χ4n) is 3.39. The maximum atomic E-state index is 13.2. The van der Waals surface area contributed by atoms with Crippen LogP contribution >= 0.6 is 0 Å². The zero-order chi connectivity index (χ0) is 14.3. The van der Waals surface area contributed by atoms with E-state index >= 15 is 0 Å². The number of alkyl halides is 3. The molecule has 2 aliphatic rings. The number of hydrogen-bond donors (Lipinski definition) is 1. The van der Waals surface area contributed by atoms with Crippen molar-refractivity contribution in [1.29, 1.82) is 0 Å². The summed E-state index contributed by atoms with van der Waals surface area (Å²) in [7, 11) is 0. The van der Waals surface area contributed by atoms with E-state index in [1.165, 1.54) is 12.1 Å². The van der Waals surface area contributed by atoms with Gasteiger partial charge < -0.3 is 5.73 Å². The Morgan fingerprint density at radius 1 is 1.15 bits per heavy atom. The molecule has 0 amide bonds. The van der Waals surface area contributed by atoms with Crippen LogP contribution in [-0.4, -0.2) is 24.0 Å². The third kappa shape index (κ3) is 2.44. The normalized spacial score (nSPS) is 28.0. The molecule has 2 atom stereocenters. The lowest BCUT2D eigenvalue weighted by Crippen LogP contribution is -2.31. The molecule has 1 aliphatic heterocycles. The average molecular weight is 284 g/mol. The summed E-state index contributed by atoms with van der Waals surface area (Å²) in [5.41, 5.74) is 5.69. The maximum Gasteiger partial charge on any atom is 0.416 e. The van der Waals surface area contributed by atoms with Crippen LogP contribution in [-0.2, 0) is 6.18 Å². The number of halogens is 3. The van der Waals surface area contributed by atoms with E-state index in [4.69, 9.17) is 5.73 Å². The van der Waals surface area contributed by atoms with Gasteiger partial charge in [-0.2, -0.15) is 13.2 Å². The minimum atomic E-state index is -4.30. The summed E-state index contributed by atoms with van der Waals surface area (Å²) in [6.07, 6.45) is -1.21. The molecule has 1 aliphatic carbocycles. The Bertz CT molecular complexity index is 482. The van der Waals surface area contributed by atoms with Crippen LogP contribution in [0.3, 0.4) is 0 Å². The molecule has 2 nitrogen and oxygen atoms in total. The third-order valence-corrected chi connectivity index (χ3v) is 4.47. The monoisotopic (exact) mass is 284 g/mol. The van der Waals surface area contributed by atoms with Gasteiger partial charge in [0.15, 0.2) is 0 Å². The highest BCUT2D eigenvalue weighted by molar-refractivity contribution is 5.34.